The van der Waals surface area contributed by atoms with Crippen LogP contribution in [0.25, 0.3) is 0 Å². The number of carbonyl (C=O) groups excluding carboxylic acids is 3. The van der Waals surface area contributed by atoms with Crippen molar-refractivity contribution in [2.75, 3.05) is 14.2 Å². The van der Waals surface area contributed by atoms with Crippen LogP contribution >= 0.6 is 0 Å². The molecule has 24 heavy (non-hydrogen) atoms. The molecule has 2 aromatic carbocycles. The number of aromatic hydroxyl groups is 1. The lowest BCUT2D eigenvalue weighted by atomic mass is 10.00. The Balaban J connectivity index is 2.11. The number of esters is 1. The van der Waals surface area contributed by atoms with Gasteiger partial charge in [0.05, 0.1) is 31.8 Å². The maximum atomic E-state index is 12.2. The fraction of sp³-hybridized carbons (Fsp3) is 0.167. The maximum Gasteiger partial charge on any atom is 0.337 e. The molecule has 0 aliphatic heterocycles. The van der Waals surface area contributed by atoms with E-state index in [4.69, 9.17) is 4.74 Å². The zero-order valence-corrected chi connectivity index (χ0v) is 13.2. The fourth-order valence-corrected chi connectivity index (χ4v) is 2.13. The van der Waals surface area contributed by atoms with Gasteiger partial charge in [0, 0.05) is 11.6 Å². The molecular formula is C18H16O6. The molecule has 0 aromatic heterocycles. The van der Waals surface area contributed by atoms with Gasteiger partial charge in [-0.2, -0.15) is 0 Å². The van der Waals surface area contributed by atoms with Crippen LogP contribution in [-0.2, 0) is 4.74 Å². The van der Waals surface area contributed by atoms with Gasteiger partial charge in [-0.25, -0.2) is 4.79 Å². The Morgan fingerprint density at radius 1 is 0.917 bits per heavy atom. The third kappa shape index (κ3) is 3.78. The standard InChI is InChI=1S/C18H16O6/c1-23-13-7-8-14(16(20)9-13)17(21)10-15(19)11-3-5-12(6-4-11)18(22)24-2/h3-9,20H,10H2,1-2H3. The molecule has 2 rings (SSSR count). The van der Waals surface area contributed by atoms with Gasteiger partial charge in [0.15, 0.2) is 11.6 Å². The highest BCUT2D eigenvalue weighted by molar-refractivity contribution is 6.14. The maximum absolute atomic E-state index is 12.2. The molecule has 124 valence electrons. The van der Waals surface area contributed by atoms with Crippen molar-refractivity contribution in [3.05, 3.63) is 59.2 Å². The van der Waals surface area contributed by atoms with Crippen LogP contribution in [0.4, 0.5) is 0 Å². The first-order valence-electron chi connectivity index (χ1n) is 7.08. The topological polar surface area (TPSA) is 89.9 Å². The van der Waals surface area contributed by atoms with Crippen LogP contribution in [0.3, 0.4) is 0 Å². The summed E-state index contributed by atoms with van der Waals surface area (Å²) < 4.78 is 9.52. The number of hydrogen-bond donors (Lipinski definition) is 1. The number of Topliss-reactive ketones (excluding diaryl/α,β-unsaturated/α-hetero) is 2. The van der Waals surface area contributed by atoms with Crippen molar-refractivity contribution in [2.45, 2.75) is 6.42 Å². The highest BCUT2D eigenvalue weighted by Crippen LogP contribution is 2.25. The van der Waals surface area contributed by atoms with E-state index >= 15 is 0 Å². The monoisotopic (exact) mass is 328 g/mol. The highest BCUT2D eigenvalue weighted by atomic mass is 16.5. The minimum atomic E-state index is -0.506. The lowest BCUT2D eigenvalue weighted by Crippen LogP contribution is -2.09. The Hall–Kier alpha value is -3.15. The van der Waals surface area contributed by atoms with Crippen molar-refractivity contribution < 1.29 is 29.0 Å². The second kappa shape index (κ2) is 7.41. The number of phenols is 1. The normalized spacial score (nSPS) is 10.1. The third-order valence-electron chi connectivity index (χ3n) is 3.45. The molecule has 0 unspecified atom stereocenters. The van der Waals surface area contributed by atoms with E-state index in [9.17, 15) is 19.5 Å². The Bertz CT molecular complexity index is 777. The number of rotatable bonds is 6. The number of phenolic OH excluding ortho intramolecular Hbond substituents is 1. The number of hydrogen-bond acceptors (Lipinski definition) is 6. The zero-order valence-electron chi connectivity index (χ0n) is 13.2. The third-order valence-corrected chi connectivity index (χ3v) is 3.45. The van der Waals surface area contributed by atoms with Crippen molar-refractivity contribution in [3.63, 3.8) is 0 Å². The molecule has 0 spiro atoms. The second-order valence-electron chi connectivity index (χ2n) is 4.98. The van der Waals surface area contributed by atoms with Gasteiger partial charge >= 0.3 is 5.97 Å². The zero-order chi connectivity index (χ0) is 17.7. The van der Waals surface area contributed by atoms with E-state index in [0.29, 0.717) is 16.9 Å². The molecule has 0 atom stereocenters. The van der Waals surface area contributed by atoms with E-state index in [1.807, 2.05) is 0 Å². The van der Waals surface area contributed by atoms with E-state index in [-0.39, 0.29) is 11.3 Å². The molecule has 0 heterocycles. The van der Waals surface area contributed by atoms with Crippen molar-refractivity contribution in [1.29, 1.82) is 0 Å². The summed E-state index contributed by atoms with van der Waals surface area (Å²) in [5.74, 6) is -1.25. The first-order chi connectivity index (χ1) is 11.5. The average molecular weight is 328 g/mol. The van der Waals surface area contributed by atoms with Crippen LogP contribution in [0.2, 0.25) is 0 Å². The SMILES string of the molecule is COC(=O)c1ccc(C(=O)CC(=O)c2ccc(OC)cc2O)cc1. The van der Waals surface area contributed by atoms with Crippen LogP contribution in [0.15, 0.2) is 42.5 Å². The minimum Gasteiger partial charge on any atom is -0.507 e. The van der Waals surface area contributed by atoms with Crippen LogP contribution in [-0.4, -0.2) is 36.9 Å². The second-order valence-corrected chi connectivity index (χ2v) is 4.98. The van der Waals surface area contributed by atoms with Crippen molar-refractivity contribution >= 4 is 17.5 Å². The number of ketones is 2. The predicted octanol–water partition coefficient (Wildman–Crippen LogP) is 2.64. The summed E-state index contributed by atoms with van der Waals surface area (Å²) in [7, 11) is 2.71. The Kier molecular flexibility index (Phi) is 5.31. The summed E-state index contributed by atoms with van der Waals surface area (Å²) in [5, 5.41) is 9.84. The van der Waals surface area contributed by atoms with Crippen LogP contribution in [0, 0.1) is 0 Å². The number of methoxy groups -OCH3 is 2. The first kappa shape index (κ1) is 17.2. The molecule has 0 saturated carbocycles. The van der Waals surface area contributed by atoms with Crippen LogP contribution < -0.4 is 4.74 Å². The summed E-state index contributed by atoms with van der Waals surface area (Å²) in [4.78, 5) is 35.7. The molecule has 1 N–H and O–H groups in total. The molecule has 0 fully saturated rings. The van der Waals surface area contributed by atoms with Gasteiger partial charge in [-0.05, 0) is 24.3 Å². The summed E-state index contributed by atoms with van der Waals surface area (Å²) >= 11 is 0. The average Bonchev–Trinajstić information content (AvgIpc) is 2.60. The molecule has 0 bridgehead atoms. The van der Waals surface area contributed by atoms with E-state index in [2.05, 4.69) is 4.74 Å². The minimum absolute atomic E-state index is 0.0512. The molecular weight excluding hydrogens is 312 g/mol. The van der Waals surface area contributed by atoms with Crippen molar-refractivity contribution in [1.82, 2.24) is 0 Å². The quantitative estimate of drug-likeness (QED) is 0.498. The van der Waals surface area contributed by atoms with E-state index < -0.39 is 24.0 Å². The van der Waals surface area contributed by atoms with Gasteiger partial charge in [-0.3, -0.25) is 9.59 Å². The molecule has 0 radical (unpaired) electrons. The van der Waals surface area contributed by atoms with Gasteiger partial charge in [-0.1, -0.05) is 12.1 Å². The summed E-state index contributed by atoms with van der Waals surface area (Å²) in [6.45, 7) is 0. The molecule has 6 heteroatoms. The highest BCUT2D eigenvalue weighted by Gasteiger charge is 2.17. The van der Waals surface area contributed by atoms with Crippen LogP contribution in [0.1, 0.15) is 37.5 Å². The Morgan fingerprint density at radius 3 is 2.08 bits per heavy atom. The van der Waals surface area contributed by atoms with Gasteiger partial charge in [0.1, 0.15) is 11.5 Å². The molecule has 2 aromatic rings. The van der Waals surface area contributed by atoms with Gasteiger partial charge in [0.25, 0.3) is 0 Å². The van der Waals surface area contributed by atoms with Crippen LogP contribution in [0.5, 0.6) is 11.5 Å². The van der Waals surface area contributed by atoms with Gasteiger partial charge in [0.2, 0.25) is 0 Å². The van der Waals surface area contributed by atoms with E-state index in [1.54, 1.807) is 0 Å². The van der Waals surface area contributed by atoms with Crippen molar-refractivity contribution in [3.8, 4) is 11.5 Å². The summed E-state index contributed by atoms with van der Waals surface area (Å²) in [6, 6.07) is 10.1. The van der Waals surface area contributed by atoms with Gasteiger partial charge < -0.3 is 14.6 Å². The number of carbonyl (C=O) groups is 3. The van der Waals surface area contributed by atoms with Gasteiger partial charge in [-0.15, -0.1) is 0 Å². The van der Waals surface area contributed by atoms with E-state index in [1.165, 1.54) is 56.7 Å². The molecule has 0 aliphatic carbocycles. The predicted molar refractivity (Wildman–Crippen MR) is 85.7 cm³/mol. The Morgan fingerprint density at radius 2 is 1.54 bits per heavy atom. The lowest BCUT2D eigenvalue weighted by molar-refractivity contribution is 0.0600. The first-order valence-corrected chi connectivity index (χ1v) is 7.08. The Labute approximate surface area is 138 Å². The van der Waals surface area contributed by atoms with E-state index in [0.717, 1.165) is 0 Å². The molecule has 0 aliphatic rings. The number of benzene rings is 2. The van der Waals surface area contributed by atoms with Crippen molar-refractivity contribution in [2.24, 2.45) is 0 Å². The lowest BCUT2D eigenvalue weighted by Gasteiger charge is -2.06. The molecule has 0 amide bonds. The summed E-state index contributed by atoms with van der Waals surface area (Å²) in [5.41, 5.74) is 0.660. The smallest absolute Gasteiger partial charge is 0.337 e. The fourth-order valence-electron chi connectivity index (χ4n) is 2.13. The largest absolute Gasteiger partial charge is 0.507 e. The summed E-state index contributed by atoms with van der Waals surface area (Å²) in [6.07, 6.45) is -0.391. The molecule has 6 nitrogen and oxygen atoms in total. The number of ether oxygens (including phenoxy) is 2. The molecule has 0 saturated heterocycles.